The average molecular weight is 436 g/mol. The predicted molar refractivity (Wildman–Crippen MR) is 115 cm³/mol. The van der Waals surface area contributed by atoms with Gasteiger partial charge >= 0.3 is 11.9 Å². The maximum Gasteiger partial charge on any atom is 0.339 e. The quantitative estimate of drug-likeness (QED) is 0.593. The molecule has 0 bridgehead atoms. The van der Waals surface area contributed by atoms with E-state index in [1.54, 1.807) is 54.6 Å². The van der Waals surface area contributed by atoms with Gasteiger partial charge in [-0.15, -0.1) is 0 Å². The van der Waals surface area contributed by atoms with Crippen molar-refractivity contribution in [1.29, 1.82) is 0 Å². The third-order valence-electron chi connectivity index (χ3n) is 5.07. The summed E-state index contributed by atoms with van der Waals surface area (Å²) < 4.78 is 10.3. The van der Waals surface area contributed by atoms with E-state index >= 15 is 0 Å². The number of halogens is 1. The Labute approximate surface area is 183 Å². The second kappa shape index (κ2) is 8.62. The second-order valence-corrected chi connectivity index (χ2v) is 7.39. The first-order valence-electron chi connectivity index (χ1n) is 9.55. The second-order valence-electron chi connectivity index (χ2n) is 6.98. The van der Waals surface area contributed by atoms with Gasteiger partial charge in [-0.25, -0.2) is 9.59 Å². The molecule has 1 aliphatic heterocycles. The first kappa shape index (κ1) is 20.6. The first-order valence-corrected chi connectivity index (χ1v) is 9.92. The summed E-state index contributed by atoms with van der Waals surface area (Å²) in [5.74, 6) is -1.42. The van der Waals surface area contributed by atoms with Crippen LogP contribution in [0.5, 0.6) is 0 Å². The molecule has 0 radical (unpaired) electrons. The van der Waals surface area contributed by atoms with Crippen LogP contribution in [0, 0.1) is 0 Å². The zero-order chi connectivity index (χ0) is 22.0. The summed E-state index contributed by atoms with van der Waals surface area (Å²) in [5, 5.41) is 3.25. The molecular weight excluding hydrogens is 418 g/mol. The highest BCUT2D eigenvalue weighted by atomic mass is 35.5. The van der Waals surface area contributed by atoms with Gasteiger partial charge in [-0.3, -0.25) is 4.79 Å². The summed E-state index contributed by atoms with van der Waals surface area (Å²) in [6, 6.07) is 18.5. The zero-order valence-corrected chi connectivity index (χ0v) is 17.3. The number of benzene rings is 3. The van der Waals surface area contributed by atoms with E-state index in [4.69, 9.17) is 21.1 Å². The van der Waals surface area contributed by atoms with E-state index in [0.29, 0.717) is 39.4 Å². The van der Waals surface area contributed by atoms with Gasteiger partial charge in [0.05, 0.1) is 23.9 Å². The number of rotatable bonds is 4. The molecule has 1 atom stereocenters. The molecule has 3 aromatic carbocycles. The summed E-state index contributed by atoms with van der Waals surface area (Å²) in [5.41, 5.74) is 2.75. The van der Waals surface area contributed by atoms with Crippen molar-refractivity contribution >= 4 is 35.1 Å². The number of anilines is 1. The summed E-state index contributed by atoms with van der Waals surface area (Å²) in [6.45, 7) is 0. The van der Waals surface area contributed by atoms with Crippen LogP contribution in [-0.2, 0) is 15.9 Å². The fraction of sp³-hybridized carbons (Fsp3) is 0.125. The number of fused-ring (bicyclic) bond motifs is 1. The molecule has 156 valence electrons. The van der Waals surface area contributed by atoms with E-state index in [2.05, 4.69) is 5.32 Å². The minimum atomic E-state index is -0.549. The van der Waals surface area contributed by atoms with Gasteiger partial charge in [0.2, 0.25) is 0 Å². The van der Waals surface area contributed by atoms with E-state index in [9.17, 15) is 14.4 Å². The Morgan fingerprint density at radius 1 is 1.06 bits per heavy atom. The van der Waals surface area contributed by atoms with Crippen molar-refractivity contribution in [1.82, 2.24) is 0 Å². The molecule has 1 N–H and O–H groups in total. The van der Waals surface area contributed by atoms with Gasteiger partial charge in [-0.05, 0) is 42.0 Å². The highest BCUT2D eigenvalue weighted by Crippen LogP contribution is 2.34. The number of carbonyl (C=O) groups excluding carboxylic acids is 3. The van der Waals surface area contributed by atoms with E-state index in [-0.39, 0.29) is 5.56 Å². The molecule has 1 amide bonds. The Bertz CT molecular complexity index is 1190. The van der Waals surface area contributed by atoms with Crippen molar-refractivity contribution in [2.45, 2.75) is 12.5 Å². The van der Waals surface area contributed by atoms with E-state index in [0.717, 1.165) is 0 Å². The normalized spacial score (nSPS) is 14.9. The van der Waals surface area contributed by atoms with Crippen LogP contribution in [0.1, 0.15) is 48.3 Å². The van der Waals surface area contributed by atoms with Crippen LogP contribution >= 0.6 is 11.6 Å². The summed E-state index contributed by atoms with van der Waals surface area (Å²) >= 11 is 6.26. The van der Waals surface area contributed by atoms with Gasteiger partial charge in [-0.1, -0.05) is 41.9 Å². The Morgan fingerprint density at radius 3 is 2.58 bits per heavy atom. The molecule has 6 nitrogen and oxygen atoms in total. The number of carbonyl (C=O) groups is 3. The Hall–Kier alpha value is -3.64. The topological polar surface area (TPSA) is 81.7 Å². The van der Waals surface area contributed by atoms with Crippen molar-refractivity contribution in [2.75, 3.05) is 12.4 Å². The van der Waals surface area contributed by atoms with Gasteiger partial charge in [0, 0.05) is 22.6 Å². The largest absolute Gasteiger partial charge is 0.465 e. The molecular formula is C24H18ClNO5. The lowest BCUT2D eigenvalue weighted by atomic mass is 9.93. The number of nitrogens with one attached hydrogen (secondary N) is 1. The van der Waals surface area contributed by atoms with Crippen LogP contribution in [0.2, 0.25) is 5.02 Å². The van der Waals surface area contributed by atoms with Crippen LogP contribution in [-0.4, -0.2) is 25.0 Å². The molecule has 3 aromatic rings. The van der Waals surface area contributed by atoms with Crippen molar-refractivity contribution in [3.05, 3.63) is 99.6 Å². The molecule has 1 aliphatic rings. The summed E-state index contributed by atoms with van der Waals surface area (Å²) in [6.07, 6.45) is -0.142. The number of esters is 2. The maximum absolute atomic E-state index is 12.8. The molecule has 31 heavy (non-hydrogen) atoms. The van der Waals surface area contributed by atoms with Gasteiger partial charge in [0.1, 0.15) is 6.10 Å². The molecule has 0 fully saturated rings. The number of cyclic esters (lactones) is 1. The Kier molecular flexibility index (Phi) is 5.73. The third-order valence-corrected chi connectivity index (χ3v) is 5.42. The molecule has 0 saturated carbocycles. The van der Waals surface area contributed by atoms with E-state index in [1.165, 1.54) is 7.11 Å². The monoisotopic (exact) mass is 435 g/mol. The SMILES string of the molecule is COC(=O)c1ccccc1NC(=O)c1ccc2c(c1)CC(c1ccccc1Cl)OC2=O. The van der Waals surface area contributed by atoms with Gasteiger partial charge in [-0.2, -0.15) is 0 Å². The lowest BCUT2D eigenvalue weighted by Crippen LogP contribution is -2.23. The molecule has 0 saturated heterocycles. The molecule has 0 aromatic heterocycles. The van der Waals surface area contributed by atoms with Crippen LogP contribution in [0.4, 0.5) is 5.69 Å². The van der Waals surface area contributed by atoms with Gasteiger partial charge in [0.25, 0.3) is 5.91 Å². The molecule has 1 unspecified atom stereocenters. The lowest BCUT2D eigenvalue weighted by molar-refractivity contribution is 0.0252. The minimum Gasteiger partial charge on any atom is -0.465 e. The van der Waals surface area contributed by atoms with Gasteiger partial charge in [0.15, 0.2) is 0 Å². The highest BCUT2D eigenvalue weighted by Gasteiger charge is 2.29. The molecule has 4 rings (SSSR count). The predicted octanol–water partition coefficient (Wildman–Crippen LogP) is 4.83. The highest BCUT2D eigenvalue weighted by molar-refractivity contribution is 6.31. The number of hydrogen-bond acceptors (Lipinski definition) is 5. The zero-order valence-electron chi connectivity index (χ0n) is 16.6. The van der Waals surface area contributed by atoms with Crippen LogP contribution in [0.25, 0.3) is 0 Å². The Morgan fingerprint density at radius 2 is 1.81 bits per heavy atom. The standard InChI is InChI=1S/C24H18ClNO5/c1-30-23(28)18-7-3-5-9-20(18)26-22(27)14-10-11-16-15(12-14)13-21(31-24(16)29)17-6-2-4-8-19(17)25/h2-12,21H,13H2,1H3,(H,26,27). The molecule has 7 heteroatoms. The molecule has 1 heterocycles. The average Bonchev–Trinajstić information content (AvgIpc) is 2.78. The number of para-hydroxylation sites is 1. The van der Waals surface area contributed by atoms with Crippen LogP contribution in [0.3, 0.4) is 0 Å². The maximum atomic E-state index is 12.8. The Balaban J connectivity index is 1.61. The fourth-order valence-electron chi connectivity index (χ4n) is 3.52. The van der Waals surface area contributed by atoms with Crippen molar-refractivity contribution in [2.24, 2.45) is 0 Å². The smallest absolute Gasteiger partial charge is 0.339 e. The van der Waals surface area contributed by atoms with Gasteiger partial charge < -0.3 is 14.8 Å². The minimum absolute atomic E-state index is 0.249. The van der Waals surface area contributed by atoms with Crippen LogP contribution in [0.15, 0.2) is 66.7 Å². The number of hydrogen-bond donors (Lipinski definition) is 1. The van der Waals surface area contributed by atoms with Crippen LogP contribution < -0.4 is 5.32 Å². The van der Waals surface area contributed by atoms with E-state index < -0.39 is 23.9 Å². The lowest BCUT2D eigenvalue weighted by Gasteiger charge is -2.26. The summed E-state index contributed by atoms with van der Waals surface area (Å²) in [4.78, 5) is 37.3. The number of ether oxygens (including phenoxy) is 2. The molecule has 0 aliphatic carbocycles. The third kappa shape index (κ3) is 4.15. The number of methoxy groups -OCH3 is 1. The summed E-state index contributed by atoms with van der Waals surface area (Å²) in [7, 11) is 1.28. The van der Waals surface area contributed by atoms with Crippen molar-refractivity contribution < 1.29 is 23.9 Å². The van der Waals surface area contributed by atoms with E-state index in [1.807, 2.05) is 12.1 Å². The van der Waals surface area contributed by atoms with Crippen molar-refractivity contribution in [3.8, 4) is 0 Å². The van der Waals surface area contributed by atoms with Crippen molar-refractivity contribution in [3.63, 3.8) is 0 Å². The first-order chi connectivity index (χ1) is 15.0. The fourth-order valence-corrected chi connectivity index (χ4v) is 3.78. The number of amides is 1. The molecule has 0 spiro atoms.